The Balaban J connectivity index is 0.00000225. The summed E-state index contributed by atoms with van der Waals surface area (Å²) in [6.45, 7) is 2.92. The minimum absolute atomic E-state index is 0. The second kappa shape index (κ2) is 8.97. The summed E-state index contributed by atoms with van der Waals surface area (Å²) >= 11 is 5.64. The van der Waals surface area contributed by atoms with Gasteiger partial charge in [-0.3, -0.25) is 0 Å². The molecule has 0 atom stereocenters. The molecule has 3 nitrogen and oxygen atoms in total. The van der Waals surface area contributed by atoms with Crippen LogP contribution >= 0.6 is 12.2 Å². The van der Waals surface area contributed by atoms with E-state index in [1.165, 1.54) is 5.56 Å². The molecule has 0 radical (unpaired) electrons. The quantitative estimate of drug-likeness (QED) is 0.774. The number of hydrogen-bond acceptors (Lipinski definition) is 3. The summed E-state index contributed by atoms with van der Waals surface area (Å²) in [7, 11) is 1.68. The number of benzene rings is 2. The lowest BCUT2D eigenvalue weighted by Crippen LogP contribution is -2.47. The first-order valence-corrected chi connectivity index (χ1v) is 8.83. The topological polar surface area (TPSA) is 33.3 Å². The van der Waals surface area contributed by atoms with Gasteiger partial charge in [0.2, 0.25) is 0 Å². The molecule has 0 spiro atoms. The molecule has 2 aromatic carbocycles. The predicted octanol–water partition coefficient (Wildman–Crippen LogP) is 4.41. The maximum Gasteiger partial charge on any atom is 0.129 e. The van der Waals surface area contributed by atoms with Crippen LogP contribution in [0.4, 0.5) is 0 Å². The maximum atomic E-state index is 5.64. The number of thiocarbonyl (C=S) groups is 1. The summed E-state index contributed by atoms with van der Waals surface area (Å²) in [5.74, 6) is 0.814. The Morgan fingerprint density at radius 2 is 1.76 bits per heavy atom. The summed E-state index contributed by atoms with van der Waals surface area (Å²) in [6.07, 6.45) is 2.22. The molecule has 0 unspecified atom stereocenters. The van der Waals surface area contributed by atoms with Crippen LogP contribution in [-0.4, -0.2) is 31.7 Å². The van der Waals surface area contributed by atoms with Crippen molar-refractivity contribution in [3.63, 3.8) is 0 Å². The SMILES string of the molecule is C.COc1ccccc1C(=S)NCC1(c2ccccc2)CCNCC1.[HH].[HH]. The van der Waals surface area contributed by atoms with Crippen LogP contribution in [0, 0.1) is 0 Å². The van der Waals surface area contributed by atoms with E-state index in [0.717, 1.165) is 48.8 Å². The van der Waals surface area contributed by atoms with Gasteiger partial charge in [-0.05, 0) is 43.6 Å². The fraction of sp³-hybridized carbons (Fsp3) is 0.381. The summed E-state index contributed by atoms with van der Waals surface area (Å²) < 4.78 is 5.43. The van der Waals surface area contributed by atoms with Crippen LogP contribution in [0.25, 0.3) is 0 Å². The van der Waals surface area contributed by atoms with E-state index < -0.39 is 0 Å². The van der Waals surface area contributed by atoms with Crippen LogP contribution in [-0.2, 0) is 5.41 Å². The van der Waals surface area contributed by atoms with Gasteiger partial charge in [-0.1, -0.05) is 62.1 Å². The molecule has 1 heterocycles. The third-order valence-electron chi connectivity index (χ3n) is 4.89. The summed E-state index contributed by atoms with van der Waals surface area (Å²) in [4.78, 5) is 0.751. The first kappa shape index (κ1) is 19.4. The molecule has 1 aliphatic heterocycles. The Kier molecular flexibility index (Phi) is 6.97. The van der Waals surface area contributed by atoms with E-state index >= 15 is 0 Å². The minimum atomic E-state index is 0. The van der Waals surface area contributed by atoms with Gasteiger partial charge in [0.25, 0.3) is 0 Å². The number of methoxy groups -OCH3 is 1. The van der Waals surface area contributed by atoms with Crippen molar-refractivity contribution in [3.8, 4) is 5.75 Å². The standard InChI is InChI=1S/C20H24N2OS.CH4.2H2/c1-23-18-10-6-5-9-17(18)19(24)22-15-20(11-13-21-14-12-20)16-7-3-2-4-8-16;;;/h2-10,21H,11-15H2,1H3,(H,22,24);1H4;2*1H. The van der Waals surface area contributed by atoms with Gasteiger partial charge in [0.1, 0.15) is 10.7 Å². The summed E-state index contributed by atoms with van der Waals surface area (Å²) in [6, 6.07) is 18.7. The molecular formula is C21H32N2OS. The van der Waals surface area contributed by atoms with Crippen molar-refractivity contribution >= 4 is 17.2 Å². The molecule has 0 saturated carbocycles. The number of ether oxygens (including phenoxy) is 1. The van der Waals surface area contributed by atoms with Gasteiger partial charge in [-0.25, -0.2) is 0 Å². The molecule has 0 amide bonds. The Bertz CT molecular complexity index is 692. The fourth-order valence-corrected chi connectivity index (χ4v) is 3.68. The monoisotopic (exact) mass is 360 g/mol. The molecule has 0 bridgehead atoms. The molecule has 1 fully saturated rings. The van der Waals surface area contributed by atoms with Crippen LogP contribution in [0.1, 0.15) is 34.2 Å². The van der Waals surface area contributed by atoms with E-state index in [-0.39, 0.29) is 15.7 Å². The van der Waals surface area contributed by atoms with Crippen LogP contribution < -0.4 is 15.4 Å². The van der Waals surface area contributed by atoms with Gasteiger partial charge in [0.15, 0.2) is 0 Å². The third kappa shape index (κ3) is 4.39. The van der Waals surface area contributed by atoms with Crippen molar-refractivity contribution in [2.45, 2.75) is 25.7 Å². The molecule has 0 aromatic heterocycles. The minimum Gasteiger partial charge on any atom is -0.496 e. The lowest BCUT2D eigenvalue weighted by molar-refractivity contribution is 0.306. The van der Waals surface area contributed by atoms with E-state index in [0.29, 0.717) is 0 Å². The Morgan fingerprint density at radius 1 is 1.12 bits per heavy atom. The molecule has 0 aliphatic carbocycles. The number of nitrogens with one attached hydrogen (secondary N) is 2. The molecule has 2 aromatic rings. The molecule has 138 valence electrons. The van der Waals surface area contributed by atoms with E-state index in [9.17, 15) is 0 Å². The number of piperidine rings is 1. The van der Waals surface area contributed by atoms with Crippen molar-refractivity contribution in [1.82, 2.24) is 10.6 Å². The second-order valence-corrected chi connectivity index (χ2v) is 6.69. The molecule has 1 aliphatic rings. The Morgan fingerprint density at radius 3 is 2.44 bits per heavy atom. The average molecular weight is 361 g/mol. The third-order valence-corrected chi connectivity index (χ3v) is 5.25. The largest absolute Gasteiger partial charge is 0.496 e. The molecule has 3 rings (SSSR count). The fourth-order valence-electron chi connectivity index (χ4n) is 3.44. The first-order chi connectivity index (χ1) is 11.7. The van der Waals surface area contributed by atoms with E-state index in [1.807, 2.05) is 24.3 Å². The second-order valence-electron chi connectivity index (χ2n) is 6.28. The van der Waals surface area contributed by atoms with Crippen LogP contribution in [0.5, 0.6) is 5.75 Å². The molecule has 25 heavy (non-hydrogen) atoms. The van der Waals surface area contributed by atoms with Gasteiger partial charge in [0.05, 0.1) is 12.7 Å². The van der Waals surface area contributed by atoms with E-state index in [1.54, 1.807) is 7.11 Å². The van der Waals surface area contributed by atoms with Crippen LogP contribution in [0.15, 0.2) is 54.6 Å². The van der Waals surface area contributed by atoms with Crippen molar-refractivity contribution in [1.29, 1.82) is 0 Å². The van der Waals surface area contributed by atoms with Crippen molar-refractivity contribution in [3.05, 3.63) is 65.7 Å². The van der Waals surface area contributed by atoms with Crippen LogP contribution in [0.2, 0.25) is 0 Å². The van der Waals surface area contributed by atoms with E-state index in [4.69, 9.17) is 17.0 Å². The van der Waals surface area contributed by atoms with Gasteiger partial charge >= 0.3 is 0 Å². The highest BCUT2D eigenvalue weighted by atomic mass is 32.1. The molecule has 1 saturated heterocycles. The first-order valence-electron chi connectivity index (χ1n) is 8.43. The van der Waals surface area contributed by atoms with Gasteiger partial charge < -0.3 is 15.4 Å². The highest BCUT2D eigenvalue weighted by Crippen LogP contribution is 2.33. The van der Waals surface area contributed by atoms with Gasteiger partial charge in [0, 0.05) is 14.8 Å². The zero-order valence-electron chi connectivity index (χ0n) is 14.0. The number of para-hydroxylation sites is 1. The van der Waals surface area contributed by atoms with Crippen LogP contribution in [0.3, 0.4) is 0 Å². The zero-order chi connectivity index (χ0) is 16.8. The Labute approximate surface area is 159 Å². The van der Waals surface area contributed by atoms with Crippen molar-refractivity contribution in [2.75, 3.05) is 26.7 Å². The maximum absolute atomic E-state index is 5.64. The summed E-state index contributed by atoms with van der Waals surface area (Å²) in [5, 5.41) is 6.97. The van der Waals surface area contributed by atoms with Crippen molar-refractivity contribution in [2.24, 2.45) is 0 Å². The average Bonchev–Trinajstić information content (AvgIpc) is 2.67. The van der Waals surface area contributed by atoms with Gasteiger partial charge in [-0.2, -0.15) is 0 Å². The highest BCUT2D eigenvalue weighted by Gasteiger charge is 2.33. The van der Waals surface area contributed by atoms with E-state index in [2.05, 4.69) is 41.0 Å². The predicted molar refractivity (Wildman–Crippen MR) is 114 cm³/mol. The number of rotatable bonds is 5. The Hall–Kier alpha value is -1.91. The highest BCUT2D eigenvalue weighted by molar-refractivity contribution is 7.80. The summed E-state index contributed by atoms with van der Waals surface area (Å²) in [5.41, 5.74) is 2.47. The molecular weight excluding hydrogens is 328 g/mol. The van der Waals surface area contributed by atoms with Gasteiger partial charge in [-0.15, -0.1) is 0 Å². The normalized spacial score (nSPS) is 15.7. The lowest BCUT2D eigenvalue weighted by atomic mass is 9.73. The lowest BCUT2D eigenvalue weighted by Gasteiger charge is -2.38. The van der Waals surface area contributed by atoms with Crippen molar-refractivity contribution < 1.29 is 7.59 Å². The zero-order valence-corrected chi connectivity index (χ0v) is 14.9. The number of hydrogen-bond donors (Lipinski definition) is 2. The smallest absolute Gasteiger partial charge is 0.129 e. The molecule has 4 heteroatoms. The molecule has 2 N–H and O–H groups in total.